The molecule has 0 saturated carbocycles. The van der Waals surface area contributed by atoms with Gasteiger partial charge in [0.15, 0.2) is 0 Å². The van der Waals surface area contributed by atoms with Crippen molar-refractivity contribution in [2.24, 2.45) is 5.92 Å². The fraction of sp³-hybridized carbons (Fsp3) is 0.412. The predicted octanol–water partition coefficient (Wildman–Crippen LogP) is 4.12. The van der Waals surface area contributed by atoms with Gasteiger partial charge in [0.25, 0.3) is 0 Å². The summed E-state index contributed by atoms with van der Waals surface area (Å²) in [5.74, 6) is 0.703. The van der Waals surface area contributed by atoms with E-state index in [4.69, 9.17) is 0 Å². The van der Waals surface area contributed by atoms with Crippen molar-refractivity contribution in [1.29, 1.82) is 0 Å². The lowest BCUT2D eigenvalue weighted by Crippen LogP contribution is -2.28. The molecule has 2 aromatic rings. The van der Waals surface area contributed by atoms with Crippen LogP contribution in [0.25, 0.3) is 0 Å². The van der Waals surface area contributed by atoms with Crippen LogP contribution < -0.4 is 5.32 Å². The number of fused-ring (bicyclic) bond motifs is 1. The Labute approximate surface area is 119 Å². The van der Waals surface area contributed by atoms with E-state index in [2.05, 4.69) is 54.9 Å². The summed E-state index contributed by atoms with van der Waals surface area (Å²) in [5.41, 5.74) is 4.53. The van der Waals surface area contributed by atoms with E-state index in [1.54, 1.807) is 11.1 Å². The fourth-order valence-corrected chi connectivity index (χ4v) is 4.32. The molecule has 100 valence electrons. The Balaban J connectivity index is 1.86. The lowest BCUT2D eigenvalue weighted by atomic mass is 9.93. The topological polar surface area (TPSA) is 12.0 Å². The maximum absolute atomic E-state index is 3.71. The maximum atomic E-state index is 3.71. The quantitative estimate of drug-likeness (QED) is 0.882. The normalized spacial score (nSPS) is 16.5. The second-order valence-electron chi connectivity index (χ2n) is 5.44. The SMILES string of the molecule is CCNC(c1sccc1C)C1Cc2ccccc2C1. The van der Waals surface area contributed by atoms with Gasteiger partial charge in [-0.2, -0.15) is 0 Å². The van der Waals surface area contributed by atoms with Crippen molar-refractivity contribution in [2.45, 2.75) is 32.7 Å². The van der Waals surface area contributed by atoms with Crippen LogP contribution in [0, 0.1) is 12.8 Å². The highest BCUT2D eigenvalue weighted by atomic mass is 32.1. The molecule has 0 spiro atoms. The van der Waals surface area contributed by atoms with Crippen LogP contribution in [0.2, 0.25) is 0 Å². The molecule has 1 heterocycles. The third-order valence-corrected chi connectivity index (χ3v) is 5.26. The molecule has 0 fully saturated rings. The molecule has 0 radical (unpaired) electrons. The van der Waals surface area contributed by atoms with Crippen LogP contribution in [0.3, 0.4) is 0 Å². The monoisotopic (exact) mass is 271 g/mol. The van der Waals surface area contributed by atoms with E-state index < -0.39 is 0 Å². The number of thiophene rings is 1. The maximum Gasteiger partial charge on any atom is 0.0452 e. The van der Waals surface area contributed by atoms with Gasteiger partial charge in [0.1, 0.15) is 0 Å². The zero-order valence-corrected chi connectivity index (χ0v) is 12.5. The van der Waals surface area contributed by atoms with Crippen molar-refractivity contribution < 1.29 is 0 Å². The van der Waals surface area contributed by atoms with E-state index in [1.165, 1.54) is 23.3 Å². The van der Waals surface area contributed by atoms with Gasteiger partial charge >= 0.3 is 0 Å². The van der Waals surface area contributed by atoms with E-state index >= 15 is 0 Å². The summed E-state index contributed by atoms with van der Waals surface area (Å²) in [7, 11) is 0. The first-order valence-corrected chi connectivity index (χ1v) is 8.01. The Morgan fingerprint density at radius 1 is 1.21 bits per heavy atom. The first-order valence-electron chi connectivity index (χ1n) is 7.13. The third-order valence-electron chi connectivity index (χ3n) is 4.16. The van der Waals surface area contributed by atoms with Gasteiger partial charge in [-0.3, -0.25) is 0 Å². The molecule has 1 aromatic carbocycles. The molecule has 3 rings (SSSR count). The van der Waals surface area contributed by atoms with E-state index in [0.717, 1.165) is 6.54 Å². The molecule has 1 aliphatic rings. The van der Waals surface area contributed by atoms with E-state index in [-0.39, 0.29) is 0 Å². The van der Waals surface area contributed by atoms with Crippen LogP contribution in [-0.4, -0.2) is 6.54 Å². The first kappa shape index (κ1) is 12.9. The molecular weight excluding hydrogens is 250 g/mol. The predicted molar refractivity (Wildman–Crippen MR) is 82.8 cm³/mol. The van der Waals surface area contributed by atoms with Gasteiger partial charge in [-0.15, -0.1) is 11.3 Å². The largest absolute Gasteiger partial charge is 0.309 e. The number of benzene rings is 1. The minimum Gasteiger partial charge on any atom is -0.309 e. The molecular formula is C17H21NS. The molecule has 19 heavy (non-hydrogen) atoms. The Bertz CT molecular complexity index is 533. The molecule has 1 nitrogen and oxygen atoms in total. The number of rotatable bonds is 4. The zero-order valence-electron chi connectivity index (χ0n) is 11.6. The average Bonchev–Trinajstić information content (AvgIpc) is 3.02. The van der Waals surface area contributed by atoms with Gasteiger partial charge in [-0.1, -0.05) is 31.2 Å². The Morgan fingerprint density at radius 3 is 2.42 bits per heavy atom. The summed E-state index contributed by atoms with van der Waals surface area (Å²) < 4.78 is 0. The second-order valence-corrected chi connectivity index (χ2v) is 6.39. The molecule has 0 saturated heterocycles. The zero-order chi connectivity index (χ0) is 13.2. The molecule has 2 heteroatoms. The summed E-state index contributed by atoms with van der Waals surface area (Å²) in [5, 5.41) is 5.93. The van der Waals surface area contributed by atoms with Crippen molar-refractivity contribution in [3.8, 4) is 0 Å². The lowest BCUT2D eigenvalue weighted by molar-refractivity contribution is 0.385. The minimum atomic E-state index is 0.511. The van der Waals surface area contributed by atoms with Gasteiger partial charge < -0.3 is 5.32 Å². The van der Waals surface area contributed by atoms with Crippen molar-refractivity contribution >= 4 is 11.3 Å². The van der Waals surface area contributed by atoms with Gasteiger partial charge in [-0.25, -0.2) is 0 Å². The van der Waals surface area contributed by atoms with Crippen molar-refractivity contribution in [3.05, 3.63) is 57.3 Å². The molecule has 1 aliphatic carbocycles. The highest BCUT2D eigenvalue weighted by Crippen LogP contribution is 2.38. The fourth-order valence-electron chi connectivity index (χ4n) is 3.22. The highest BCUT2D eigenvalue weighted by Gasteiger charge is 2.30. The summed E-state index contributed by atoms with van der Waals surface area (Å²) in [6.45, 7) is 5.48. The highest BCUT2D eigenvalue weighted by molar-refractivity contribution is 7.10. The van der Waals surface area contributed by atoms with E-state index in [9.17, 15) is 0 Å². The number of hydrogen-bond donors (Lipinski definition) is 1. The van der Waals surface area contributed by atoms with Gasteiger partial charge in [0.2, 0.25) is 0 Å². The Hall–Kier alpha value is -1.12. The standard InChI is InChI=1S/C17H21NS/c1-3-18-16(17-12(2)8-9-19-17)15-10-13-6-4-5-7-14(13)11-15/h4-9,15-16,18H,3,10-11H2,1-2H3. The van der Waals surface area contributed by atoms with Crippen LogP contribution >= 0.6 is 11.3 Å². The van der Waals surface area contributed by atoms with E-state index in [0.29, 0.717) is 12.0 Å². The minimum absolute atomic E-state index is 0.511. The molecule has 0 aliphatic heterocycles. The van der Waals surface area contributed by atoms with Gasteiger partial charge in [0, 0.05) is 10.9 Å². The van der Waals surface area contributed by atoms with Crippen LogP contribution in [0.5, 0.6) is 0 Å². The van der Waals surface area contributed by atoms with E-state index in [1.807, 2.05) is 11.3 Å². The lowest BCUT2D eigenvalue weighted by Gasteiger charge is -2.24. The van der Waals surface area contributed by atoms with Gasteiger partial charge in [0.05, 0.1) is 0 Å². The number of hydrogen-bond acceptors (Lipinski definition) is 2. The number of aryl methyl sites for hydroxylation is 1. The van der Waals surface area contributed by atoms with Crippen LogP contribution in [0.1, 0.15) is 34.5 Å². The van der Waals surface area contributed by atoms with Crippen molar-refractivity contribution in [3.63, 3.8) is 0 Å². The second kappa shape index (κ2) is 5.48. The summed E-state index contributed by atoms with van der Waals surface area (Å²) in [6, 6.07) is 11.7. The summed E-state index contributed by atoms with van der Waals surface area (Å²) in [4.78, 5) is 1.53. The smallest absolute Gasteiger partial charge is 0.0452 e. The molecule has 0 bridgehead atoms. The molecule has 1 unspecified atom stereocenters. The van der Waals surface area contributed by atoms with Crippen LogP contribution in [0.4, 0.5) is 0 Å². The average molecular weight is 271 g/mol. The van der Waals surface area contributed by atoms with Crippen LogP contribution in [0.15, 0.2) is 35.7 Å². The van der Waals surface area contributed by atoms with Gasteiger partial charge in [-0.05, 0) is 60.4 Å². The Kier molecular flexibility index (Phi) is 3.72. The Morgan fingerprint density at radius 2 is 1.89 bits per heavy atom. The molecule has 1 aromatic heterocycles. The molecule has 0 amide bonds. The molecule has 1 atom stereocenters. The van der Waals surface area contributed by atoms with Crippen molar-refractivity contribution in [2.75, 3.05) is 6.54 Å². The first-order chi connectivity index (χ1) is 9.29. The summed E-state index contributed by atoms with van der Waals surface area (Å²) in [6.07, 6.45) is 2.43. The summed E-state index contributed by atoms with van der Waals surface area (Å²) >= 11 is 1.90. The number of nitrogens with one attached hydrogen (secondary N) is 1. The van der Waals surface area contributed by atoms with Crippen LogP contribution in [-0.2, 0) is 12.8 Å². The third kappa shape index (κ3) is 2.47. The molecule has 1 N–H and O–H groups in total. The van der Waals surface area contributed by atoms with Crippen molar-refractivity contribution in [1.82, 2.24) is 5.32 Å².